The van der Waals surface area contributed by atoms with Gasteiger partial charge in [-0.1, -0.05) is 11.8 Å². The summed E-state index contributed by atoms with van der Waals surface area (Å²) in [4.78, 5) is 19.0. The van der Waals surface area contributed by atoms with Crippen LogP contribution >= 0.6 is 11.8 Å². The third-order valence-corrected chi connectivity index (χ3v) is 2.69. The molecule has 1 aromatic heterocycles. The van der Waals surface area contributed by atoms with Gasteiger partial charge in [-0.15, -0.1) is 0 Å². The van der Waals surface area contributed by atoms with Gasteiger partial charge in [0.2, 0.25) is 5.91 Å². The molecule has 1 amide bonds. The summed E-state index contributed by atoms with van der Waals surface area (Å²) in [7, 11) is 0. The summed E-state index contributed by atoms with van der Waals surface area (Å²) in [6.45, 7) is 0.183. The van der Waals surface area contributed by atoms with Gasteiger partial charge in [-0.2, -0.15) is 13.2 Å². The van der Waals surface area contributed by atoms with Gasteiger partial charge < -0.3 is 5.32 Å². The molecule has 0 bridgehead atoms. The largest absolute Gasteiger partial charge is 0.405 e. The number of hydrogen-bond acceptors (Lipinski definition) is 4. The topological polar surface area (TPSA) is 54.9 Å². The van der Waals surface area contributed by atoms with E-state index in [1.54, 1.807) is 0 Å². The number of thioether (sulfide) groups is 1. The Kier molecular flexibility index (Phi) is 4.73. The van der Waals surface area contributed by atoms with Gasteiger partial charge >= 0.3 is 6.18 Å². The van der Waals surface area contributed by atoms with Crippen molar-refractivity contribution in [1.29, 1.82) is 0 Å². The zero-order chi connectivity index (χ0) is 12.9. The van der Waals surface area contributed by atoms with E-state index in [0.717, 1.165) is 11.8 Å². The first-order valence-corrected chi connectivity index (χ1v) is 5.53. The predicted octanol–water partition coefficient (Wildman–Crippen LogP) is 1.64. The summed E-state index contributed by atoms with van der Waals surface area (Å²) in [5.74, 6) is -0.682. The van der Waals surface area contributed by atoms with Crippen LogP contribution in [0.3, 0.4) is 0 Å². The molecule has 1 aromatic rings. The first kappa shape index (κ1) is 13.8. The summed E-state index contributed by atoms with van der Waals surface area (Å²) in [6, 6.07) is 0. The van der Waals surface area contributed by atoms with E-state index in [9.17, 15) is 18.0 Å². The highest BCUT2D eigenvalue weighted by atomic mass is 32.2. The Morgan fingerprint density at radius 1 is 1.53 bits per heavy atom. The summed E-state index contributed by atoms with van der Waals surface area (Å²) < 4.78 is 35.6. The normalized spacial score (nSPS) is 13.2. The molecule has 0 aromatic carbocycles. The second-order valence-corrected chi connectivity index (χ2v) is 4.50. The molecule has 1 heterocycles. The lowest BCUT2D eigenvalue weighted by atomic mass is 10.4. The van der Waals surface area contributed by atoms with Crippen molar-refractivity contribution in [2.75, 3.05) is 6.54 Å². The van der Waals surface area contributed by atoms with Crippen molar-refractivity contribution >= 4 is 17.7 Å². The van der Waals surface area contributed by atoms with Crippen LogP contribution in [0.25, 0.3) is 0 Å². The maximum absolute atomic E-state index is 11.9. The zero-order valence-corrected chi connectivity index (χ0v) is 9.68. The molecule has 94 valence electrons. The summed E-state index contributed by atoms with van der Waals surface area (Å²) >= 11 is 1.05. The molecule has 0 aliphatic heterocycles. The maximum atomic E-state index is 11.9. The molecule has 4 nitrogen and oxygen atoms in total. The van der Waals surface area contributed by atoms with Gasteiger partial charge in [0.1, 0.15) is 11.6 Å². The molecule has 0 spiro atoms. The van der Waals surface area contributed by atoms with E-state index in [1.165, 1.54) is 25.5 Å². The minimum atomic E-state index is -4.40. The van der Waals surface area contributed by atoms with Crippen LogP contribution in [-0.4, -0.2) is 33.8 Å². The Labute approximate surface area is 100 Å². The fourth-order valence-electron chi connectivity index (χ4n) is 0.912. The van der Waals surface area contributed by atoms with E-state index >= 15 is 0 Å². The van der Waals surface area contributed by atoms with Crippen LogP contribution in [-0.2, 0) is 4.79 Å². The van der Waals surface area contributed by atoms with Gasteiger partial charge in [0.05, 0.1) is 11.4 Å². The van der Waals surface area contributed by atoms with Crippen LogP contribution in [0.15, 0.2) is 23.6 Å². The lowest BCUT2D eigenvalue weighted by Crippen LogP contribution is -2.37. The number of carbonyl (C=O) groups excluding carboxylic acids is 1. The van der Waals surface area contributed by atoms with Crippen LogP contribution < -0.4 is 5.32 Å². The molecule has 0 saturated heterocycles. The Morgan fingerprint density at radius 2 is 2.24 bits per heavy atom. The van der Waals surface area contributed by atoms with E-state index in [1.807, 2.05) is 5.32 Å². The van der Waals surface area contributed by atoms with Crippen molar-refractivity contribution in [3.63, 3.8) is 0 Å². The lowest BCUT2D eigenvalue weighted by Gasteiger charge is -2.12. The fourth-order valence-corrected chi connectivity index (χ4v) is 1.71. The van der Waals surface area contributed by atoms with E-state index in [2.05, 4.69) is 9.97 Å². The smallest absolute Gasteiger partial charge is 0.346 e. The Balaban J connectivity index is 2.43. The van der Waals surface area contributed by atoms with Crippen molar-refractivity contribution in [3.8, 4) is 0 Å². The number of amides is 1. The number of rotatable bonds is 4. The van der Waals surface area contributed by atoms with Crippen LogP contribution in [0.4, 0.5) is 13.2 Å². The number of alkyl halides is 3. The summed E-state index contributed by atoms with van der Waals surface area (Å²) in [6.07, 6.45) is -0.0358. The molecular weight excluding hydrogens is 255 g/mol. The number of carbonyl (C=O) groups is 1. The number of hydrogen-bond donors (Lipinski definition) is 1. The Hall–Kier alpha value is -1.31. The molecular formula is C9H10F3N3OS. The minimum absolute atomic E-state index is 0.488. The van der Waals surface area contributed by atoms with Crippen LogP contribution in [0, 0.1) is 0 Å². The maximum Gasteiger partial charge on any atom is 0.405 e. The van der Waals surface area contributed by atoms with Crippen molar-refractivity contribution in [3.05, 3.63) is 18.6 Å². The van der Waals surface area contributed by atoms with Crippen LogP contribution in [0.5, 0.6) is 0 Å². The highest BCUT2D eigenvalue weighted by molar-refractivity contribution is 8.00. The molecule has 1 unspecified atom stereocenters. The predicted molar refractivity (Wildman–Crippen MR) is 56.4 cm³/mol. The van der Waals surface area contributed by atoms with Crippen LogP contribution in [0.2, 0.25) is 0 Å². The van der Waals surface area contributed by atoms with Gasteiger partial charge in [-0.3, -0.25) is 9.78 Å². The lowest BCUT2D eigenvalue weighted by molar-refractivity contribution is -0.137. The molecule has 1 rings (SSSR count). The molecule has 0 aliphatic rings. The van der Waals surface area contributed by atoms with E-state index in [0.29, 0.717) is 5.03 Å². The molecule has 1 N–H and O–H groups in total. The zero-order valence-electron chi connectivity index (χ0n) is 8.86. The fraction of sp³-hybridized carbons (Fsp3) is 0.444. The molecule has 0 aliphatic carbocycles. The number of halogens is 3. The number of nitrogens with one attached hydrogen (secondary N) is 1. The molecule has 17 heavy (non-hydrogen) atoms. The highest BCUT2D eigenvalue weighted by Crippen LogP contribution is 2.20. The summed E-state index contributed by atoms with van der Waals surface area (Å²) in [5.41, 5.74) is 0. The Bertz CT molecular complexity index is 371. The SMILES string of the molecule is CC(Sc1cnccn1)C(=O)NCC(F)(F)F. The third-order valence-electron chi connectivity index (χ3n) is 1.67. The van der Waals surface area contributed by atoms with E-state index < -0.39 is 23.9 Å². The number of nitrogens with zero attached hydrogens (tertiary/aromatic N) is 2. The van der Waals surface area contributed by atoms with Gasteiger partial charge in [0.15, 0.2) is 0 Å². The quantitative estimate of drug-likeness (QED) is 0.841. The van der Waals surface area contributed by atoms with Crippen molar-refractivity contribution in [1.82, 2.24) is 15.3 Å². The molecule has 8 heteroatoms. The molecule has 1 atom stereocenters. The standard InChI is InChI=1S/C9H10F3N3OS/c1-6(8(16)15-5-9(10,11)12)17-7-4-13-2-3-14-7/h2-4,6H,5H2,1H3,(H,15,16). The van der Waals surface area contributed by atoms with Gasteiger partial charge in [0.25, 0.3) is 0 Å². The van der Waals surface area contributed by atoms with E-state index in [-0.39, 0.29) is 0 Å². The van der Waals surface area contributed by atoms with E-state index in [4.69, 9.17) is 0 Å². The first-order valence-electron chi connectivity index (χ1n) is 4.65. The second kappa shape index (κ2) is 5.85. The van der Waals surface area contributed by atoms with Gasteiger partial charge in [0, 0.05) is 12.4 Å². The average molecular weight is 265 g/mol. The Morgan fingerprint density at radius 3 is 2.76 bits per heavy atom. The molecule has 0 radical (unpaired) electrons. The first-order chi connectivity index (χ1) is 7.88. The average Bonchev–Trinajstić information content (AvgIpc) is 2.26. The van der Waals surface area contributed by atoms with Gasteiger partial charge in [-0.25, -0.2) is 4.98 Å². The number of aromatic nitrogens is 2. The monoisotopic (exact) mass is 265 g/mol. The molecule has 0 fully saturated rings. The highest BCUT2D eigenvalue weighted by Gasteiger charge is 2.28. The second-order valence-electron chi connectivity index (χ2n) is 3.14. The van der Waals surface area contributed by atoms with Crippen LogP contribution in [0.1, 0.15) is 6.92 Å². The van der Waals surface area contributed by atoms with Crippen molar-refractivity contribution in [2.24, 2.45) is 0 Å². The third kappa shape index (κ3) is 5.53. The van der Waals surface area contributed by atoms with Crippen molar-refractivity contribution < 1.29 is 18.0 Å². The summed E-state index contributed by atoms with van der Waals surface area (Å²) in [5, 5.41) is 1.64. The van der Waals surface area contributed by atoms with Gasteiger partial charge in [-0.05, 0) is 6.92 Å². The molecule has 0 saturated carbocycles. The van der Waals surface area contributed by atoms with Crippen molar-refractivity contribution in [2.45, 2.75) is 23.4 Å². The minimum Gasteiger partial charge on any atom is -0.346 e.